The van der Waals surface area contributed by atoms with Crippen molar-refractivity contribution in [3.05, 3.63) is 0 Å². The highest BCUT2D eigenvalue weighted by atomic mass is 17.2. The highest BCUT2D eigenvalue weighted by molar-refractivity contribution is 6.34. The molecule has 0 N–H and O–H groups in total. The van der Waals surface area contributed by atoms with Crippen LogP contribution < -0.4 is 0 Å². The van der Waals surface area contributed by atoms with Gasteiger partial charge in [-0.05, 0) is 19.3 Å². The van der Waals surface area contributed by atoms with Gasteiger partial charge < -0.3 is 0 Å². The Balaban J connectivity index is 3.77. The van der Waals surface area contributed by atoms with E-state index >= 15 is 0 Å². The molecule has 0 rings (SSSR count). The zero-order chi connectivity index (χ0) is 17.3. The van der Waals surface area contributed by atoms with Gasteiger partial charge in [-0.3, -0.25) is 9.68 Å². The number of carbonyl (C=O) groups excluding carboxylic acids is 2. The van der Waals surface area contributed by atoms with Gasteiger partial charge in [-0.2, -0.15) is 4.89 Å². The summed E-state index contributed by atoms with van der Waals surface area (Å²) < 4.78 is 0. The van der Waals surface area contributed by atoms with Gasteiger partial charge in [0.25, 0.3) is 0 Å². The van der Waals surface area contributed by atoms with E-state index in [2.05, 4.69) is 11.8 Å². The van der Waals surface area contributed by atoms with Gasteiger partial charge in [0.05, 0.1) is 6.61 Å². The summed E-state index contributed by atoms with van der Waals surface area (Å²) in [6.45, 7) is 6.54. The van der Waals surface area contributed by atoms with E-state index in [-0.39, 0.29) is 5.92 Å². The Morgan fingerprint density at radius 2 is 1.35 bits per heavy atom. The molecule has 0 fully saturated rings. The summed E-state index contributed by atoms with van der Waals surface area (Å²) in [5.41, 5.74) is 0. The molecule has 0 heterocycles. The monoisotopic (exact) mass is 328 g/mol. The maximum atomic E-state index is 12.0. The van der Waals surface area contributed by atoms with Crippen molar-refractivity contribution in [2.24, 2.45) is 5.92 Å². The average Bonchev–Trinajstić information content (AvgIpc) is 2.56. The van der Waals surface area contributed by atoms with Gasteiger partial charge >= 0.3 is 5.97 Å². The maximum Gasteiger partial charge on any atom is 0.408 e. The minimum absolute atomic E-state index is 0.225. The molecule has 1 atom stereocenters. The zero-order valence-electron chi connectivity index (χ0n) is 15.4. The Labute approximate surface area is 142 Å². The first-order chi connectivity index (χ1) is 11.2. The fourth-order valence-corrected chi connectivity index (χ4v) is 2.55. The van der Waals surface area contributed by atoms with Crippen molar-refractivity contribution in [1.82, 2.24) is 0 Å². The van der Waals surface area contributed by atoms with E-state index < -0.39 is 11.8 Å². The number of unbranched alkanes of at least 4 members (excludes halogenated alkanes) is 8. The van der Waals surface area contributed by atoms with Crippen molar-refractivity contribution < 1.29 is 19.4 Å². The predicted octanol–water partition coefficient (Wildman–Crippen LogP) is 5.39. The SMILES string of the molecule is CCCCCCCCCCC(CC)C(=O)C(=O)OOCCCC. The zero-order valence-corrected chi connectivity index (χ0v) is 15.4. The number of hydrogen-bond donors (Lipinski definition) is 0. The molecule has 0 spiro atoms. The predicted molar refractivity (Wildman–Crippen MR) is 93.0 cm³/mol. The minimum atomic E-state index is -0.840. The van der Waals surface area contributed by atoms with Crippen LogP contribution in [0.4, 0.5) is 0 Å². The molecule has 0 saturated heterocycles. The summed E-state index contributed by atoms with van der Waals surface area (Å²) in [7, 11) is 0. The molecular formula is C19H36O4. The number of ketones is 1. The van der Waals surface area contributed by atoms with Gasteiger partial charge in [-0.25, -0.2) is 4.79 Å². The summed E-state index contributed by atoms with van der Waals surface area (Å²) in [5, 5.41) is 0. The molecule has 4 heteroatoms. The van der Waals surface area contributed by atoms with Gasteiger partial charge in [0.1, 0.15) is 0 Å². The molecule has 136 valence electrons. The first-order valence-electron chi connectivity index (χ1n) is 9.54. The molecule has 0 saturated carbocycles. The largest absolute Gasteiger partial charge is 0.408 e. The van der Waals surface area contributed by atoms with Gasteiger partial charge in [0.2, 0.25) is 5.78 Å². The van der Waals surface area contributed by atoms with Crippen LogP contribution in [0.25, 0.3) is 0 Å². The molecule has 0 aromatic heterocycles. The second-order valence-corrected chi connectivity index (χ2v) is 6.28. The van der Waals surface area contributed by atoms with Gasteiger partial charge in [0.15, 0.2) is 0 Å². The second kappa shape index (κ2) is 16.0. The van der Waals surface area contributed by atoms with Crippen molar-refractivity contribution in [3.8, 4) is 0 Å². The van der Waals surface area contributed by atoms with E-state index in [1.165, 1.54) is 38.5 Å². The van der Waals surface area contributed by atoms with E-state index in [1.807, 2.05) is 13.8 Å². The number of Topliss-reactive ketones (excluding diaryl/α,β-unsaturated/α-hetero) is 1. The quantitative estimate of drug-likeness (QED) is 0.165. The summed E-state index contributed by atoms with van der Waals surface area (Å²) in [6.07, 6.45) is 13.1. The van der Waals surface area contributed by atoms with Crippen LogP contribution in [-0.4, -0.2) is 18.4 Å². The number of carbonyl (C=O) groups is 2. The molecule has 0 amide bonds. The van der Waals surface area contributed by atoms with Crippen LogP contribution >= 0.6 is 0 Å². The summed E-state index contributed by atoms with van der Waals surface area (Å²) in [4.78, 5) is 33.0. The standard InChI is InChI=1S/C19H36O4/c1-4-7-9-10-11-12-13-14-15-17(6-3)18(20)19(21)23-22-16-8-5-2/h17H,4-16H2,1-3H3. The van der Waals surface area contributed by atoms with Crippen LogP contribution in [0.5, 0.6) is 0 Å². The van der Waals surface area contributed by atoms with Crippen LogP contribution in [0.15, 0.2) is 0 Å². The van der Waals surface area contributed by atoms with Crippen LogP contribution in [0, 0.1) is 5.92 Å². The molecule has 0 aliphatic carbocycles. The van der Waals surface area contributed by atoms with Gasteiger partial charge in [-0.1, -0.05) is 78.6 Å². The smallest absolute Gasteiger partial charge is 0.289 e. The Bertz CT molecular complexity index is 302. The normalized spacial score (nSPS) is 12.1. The van der Waals surface area contributed by atoms with E-state index in [4.69, 9.17) is 4.89 Å². The highest BCUT2D eigenvalue weighted by Crippen LogP contribution is 2.17. The summed E-state index contributed by atoms with van der Waals surface area (Å²) in [5.74, 6) is -1.50. The number of rotatable bonds is 16. The third-order valence-corrected chi connectivity index (χ3v) is 4.19. The van der Waals surface area contributed by atoms with Crippen LogP contribution in [0.3, 0.4) is 0 Å². The minimum Gasteiger partial charge on any atom is -0.289 e. The third kappa shape index (κ3) is 12.2. The van der Waals surface area contributed by atoms with Crippen molar-refractivity contribution in [2.75, 3.05) is 6.61 Å². The maximum absolute atomic E-state index is 12.0. The van der Waals surface area contributed by atoms with Crippen LogP contribution in [0.2, 0.25) is 0 Å². The molecule has 4 nitrogen and oxygen atoms in total. The van der Waals surface area contributed by atoms with E-state index in [0.717, 1.165) is 32.1 Å². The second-order valence-electron chi connectivity index (χ2n) is 6.28. The molecule has 0 aromatic rings. The van der Waals surface area contributed by atoms with Gasteiger partial charge in [0, 0.05) is 5.92 Å². The summed E-state index contributed by atoms with van der Waals surface area (Å²) in [6, 6.07) is 0. The lowest BCUT2D eigenvalue weighted by Crippen LogP contribution is -2.26. The molecule has 1 unspecified atom stereocenters. The highest BCUT2D eigenvalue weighted by Gasteiger charge is 2.25. The fourth-order valence-electron chi connectivity index (χ4n) is 2.55. The summed E-state index contributed by atoms with van der Waals surface area (Å²) >= 11 is 0. The molecule has 0 bridgehead atoms. The van der Waals surface area contributed by atoms with Crippen molar-refractivity contribution in [1.29, 1.82) is 0 Å². The Kier molecular flexibility index (Phi) is 15.4. The molecule has 0 aromatic carbocycles. The molecular weight excluding hydrogens is 292 g/mol. The topological polar surface area (TPSA) is 52.6 Å². The lowest BCUT2D eigenvalue weighted by molar-refractivity contribution is -0.270. The molecule has 0 radical (unpaired) electrons. The molecule has 0 aliphatic rings. The van der Waals surface area contributed by atoms with Crippen molar-refractivity contribution in [3.63, 3.8) is 0 Å². The van der Waals surface area contributed by atoms with E-state index in [0.29, 0.717) is 13.0 Å². The Morgan fingerprint density at radius 3 is 1.91 bits per heavy atom. The van der Waals surface area contributed by atoms with E-state index in [1.54, 1.807) is 0 Å². The van der Waals surface area contributed by atoms with E-state index in [9.17, 15) is 9.59 Å². The van der Waals surface area contributed by atoms with Gasteiger partial charge in [-0.15, -0.1) is 0 Å². The number of hydrogen-bond acceptors (Lipinski definition) is 4. The van der Waals surface area contributed by atoms with Crippen LogP contribution in [0.1, 0.15) is 97.8 Å². The Morgan fingerprint density at radius 1 is 0.783 bits per heavy atom. The lowest BCUT2D eigenvalue weighted by Gasteiger charge is -2.12. The first kappa shape index (κ1) is 22.1. The van der Waals surface area contributed by atoms with Crippen molar-refractivity contribution >= 4 is 11.8 Å². The van der Waals surface area contributed by atoms with Crippen LogP contribution in [-0.2, 0) is 19.4 Å². The third-order valence-electron chi connectivity index (χ3n) is 4.19. The Hall–Kier alpha value is -0.900. The van der Waals surface area contributed by atoms with Crippen molar-refractivity contribution in [2.45, 2.75) is 97.8 Å². The average molecular weight is 328 g/mol. The first-order valence-corrected chi connectivity index (χ1v) is 9.54. The molecule has 0 aliphatic heterocycles. The lowest BCUT2D eigenvalue weighted by atomic mass is 9.94. The fraction of sp³-hybridized carbons (Fsp3) is 0.895. The molecule has 23 heavy (non-hydrogen) atoms.